The normalized spacial score (nSPS) is 13.0. The van der Waals surface area contributed by atoms with E-state index in [0.29, 0.717) is 11.4 Å². The number of nitro benzene ring substituents is 1. The molecule has 8 nitrogen and oxygen atoms in total. The van der Waals surface area contributed by atoms with Crippen molar-refractivity contribution in [1.29, 1.82) is 0 Å². The third kappa shape index (κ3) is 4.10. The lowest BCUT2D eigenvalue weighted by Crippen LogP contribution is -2.28. The van der Waals surface area contributed by atoms with E-state index in [1.807, 2.05) is 0 Å². The lowest BCUT2D eigenvalue weighted by atomic mass is 10.2. The van der Waals surface area contributed by atoms with Crippen molar-refractivity contribution < 1.29 is 13.3 Å². The largest absolute Gasteiger partial charge is 0.347 e. The zero-order valence-electron chi connectivity index (χ0n) is 11.2. The van der Waals surface area contributed by atoms with E-state index in [-0.39, 0.29) is 11.4 Å². The van der Waals surface area contributed by atoms with Crippen LogP contribution in [0.5, 0.6) is 0 Å². The number of H-pyrrole nitrogens is 1. The second-order valence-corrected chi connectivity index (χ2v) is 6.25. The molecule has 2 aromatic rings. The van der Waals surface area contributed by atoms with E-state index in [4.69, 9.17) is 0 Å². The molecule has 0 amide bonds. The Morgan fingerprint density at radius 2 is 2.05 bits per heavy atom. The van der Waals surface area contributed by atoms with Gasteiger partial charge in [-0.2, -0.15) is 0 Å². The number of nitrogens with zero attached hydrogens (tertiary/aromatic N) is 2. The highest BCUT2D eigenvalue weighted by Crippen LogP contribution is 2.15. The summed E-state index contributed by atoms with van der Waals surface area (Å²) in [5.41, 5.74) is 0.396. The van der Waals surface area contributed by atoms with Crippen LogP contribution in [0.25, 0.3) is 0 Å². The van der Waals surface area contributed by atoms with Gasteiger partial charge in [0.2, 0.25) is 10.0 Å². The van der Waals surface area contributed by atoms with Crippen LogP contribution in [0.1, 0.15) is 24.4 Å². The Morgan fingerprint density at radius 3 is 2.57 bits per heavy atom. The van der Waals surface area contributed by atoms with E-state index in [9.17, 15) is 18.5 Å². The van der Waals surface area contributed by atoms with Gasteiger partial charge < -0.3 is 4.98 Å². The summed E-state index contributed by atoms with van der Waals surface area (Å²) >= 11 is 0. The summed E-state index contributed by atoms with van der Waals surface area (Å²) in [6, 6.07) is 4.92. The first-order valence-electron chi connectivity index (χ1n) is 6.10. The quantitative estimate of drug-likeness (QED) is 0.619. The van der Waals surface area contributed by atoms with Gasteiger partial charge in [-0.15, -0.1) is 0 Å². The Labute approximate surface area is 121 Å². The van der Waals surface area contributed by atoms with Crippen molar-refractivity contribution in [3.05, 3.63) is 58.2 Å². The molecule has 1 unspecified atom stereocenters. The van der Waals surface area contributed by atoms with Crippen molar-refractivity contribution in [3.8, 4) is 0 Å². The number of hydrogen-bond acceptors (Lipinski definition) is 5. The van der Waals surface area contributed by atoms with Gasteiger partial charge in [0.25, 0.3) is 5.69 Å². The molecule has 0 aliphatic heterocycles. The molecule has 2 N–H and O–H groups in total. The van der Waals surface area contributed by atoms with Gasteiger partial charge in [-0.3, -0.25) is 10.1 Å². The number of non-ortho nitro benzene ring substituents is 1. The van der Waals surface area contributed by atoms with Gasteiger partial charge in [-0.1, -0.05) is 12.1 Å². The second kappa shape index (κ2) is 6.02. The summed E-state index contributed by atoms with van der Waals surface area (Å²) in [6.45, 7) is 1.67. The standard InChI is InChI=1S/C12H14N4O4S/c1-9(12-13-6-7-14-12)15-21(19,20)8-10-2-4-11(5-3-10)16(17)18/h2-7,9,15H,8H2,1H3,(H,13,14). The number of nitro groups is 1. The van der Waals surface area contributed by atoms with Crippen LogP contribution in [0.4, 0.5) is 5.69 Å². The maximum atomic E-state index is 12.0. The van der Waals surface area contributed by atoms with E-state index in [2.05, 4.69) is 14.7 Å². The van der Waals surface area contributed by atoms with Gasteiger partial charge in [0, 0.05) is 24.5 Å². The highest BCUT2D eigenvalue weighted by atomic mass is 32.2. The zero-order valence-corrected chi connectivity index (χ0v) is 12.0. The molecule has 0 bridgehead atoms. The predicted molar refractivity (Wildman–Crippen MR) is 75.9 cm³/mol. The molecule has 0 spiro atoms. The van der Waals surface area contributed by atoms with Gasteiger partial charge >= 0.3 is 0 Å². The fourth-order valence-corrected chi connectivity index (χ4v) is 3.18. The smallest absolute Gasteiger partial charge is 0.269 e. The molecule has 112 valence electrons. The third-order valence-corrected chi connectivity index (χ3v) is 4.22. The van der Waals surface area contributed by atoms with Crippen LogP contribution in [0.15, 0.2) is 36.7 Å². The molecule has 1 aromatic carbocycles. The summed E-state index contributed by atoms with van der Waals surface area (Å²) in [5, 5.41) is 10.5. The van der Waals surface area contributed by atoms with Crippen molar-refractivity contribution in [2.45, 2.75) is 18.7 Å². The van der Waals surface area contributed by atoms with Crippen molar-refractivity contribution in [3.63, 3.8) is 0 Å². The number of imidazole rings is 1. The molecule has 1 heterocycles. The van der Waals surface area contributed by atoms with Crippen LogP contribution in [-0.2, 0) is 15.8 Å². The van der Waals surface area contributed by atoms with Crippen LogP contribution in [0.3, 0.4) is 0 Å². The molecular formula is C12H14N4O4S. The molecule has 2 rings (SSSR count). The number of rotatable bonds is 6. The molecule has 9 heteroatoms. The van der Waals surface area contributed by atoms with E-state index in [0.717, 1.165) is 0 Å². The minimum absolute atomic E-state index is 0.0759. The summed E-state index contributed by atoms with van der Waals surface area (Å²) in [7, 11) is -3.57. The fraction of sp³-hybridized carbons (Fsp3) is 0.250. The van der Waals surface area contributed by atoms with Crippen LogP contribution >= 0.6 is 0 Å². The molecule has 0 fully saturated rings. The fourth-order valence-electron chi connectivity index (χ4n) is 1.81. The Hall–Kier alpha value is -2.26. The highest BCUT2D eigenvalue weighted by Gasteiger charge is 2.18. The molecule has 0 saturated heterocycles. The zero-order chi connectivity index (χ0) is 15.5. The number of nitrogens with one attached hydrogen (secondary N) is 2. The van der Waals surface area contributed by atoms with Gasteiger partial charge in [0.15, 0.2) is 0 Å². The summed E-state index contributed by atoms with van der Waals surface area (Å²) in [5.74, 6) is 0.262. The van der Waals surface area contributed by atoms with Gasteiger partial charge in [-0.25, -0.2) is 18.1 Å². The SMILES string of the molecule is CC(NS(=O)(=O)Cc1ccc([N+](=O)[O-])cc1)c1ncc[nH]1. The number of aromatic nitrogens is 2. The maximum absolute atomic E-state index is 12.0. The van der Waals surface area contributed by atoms with Crippen LogP contribution < -0.4 is 4.72 Å². The van der Waals surface area contributed by atoms with Crippen molar-refractivity contribution in [2.75, 3.05) is 0 Å². The van der Waals surface area contributed by atoms with Crippen LogP contribution in [0, 0.1) is 10.1 Å². The Bertz CT molecular complexity index is 710. The maximum Gasteiger partial charge on any atom is 0.269 e. The molecule has 0 aliphatic carbocycles. The minimum Gasteiger partial charge on any atom is -0.347 e. The highest BCUT2D eigenvalue weighted by molar-refractivity contribution is 7.88. The number of benzene rings is 1. The molecule has 1 aromatic heterocycles. The second-order valence-electron chi connectivity index (χ2n) is 4.50. The van der Waals surface area contributed by atoms with Crippen LogP contribution in [-0.4, -0.2) is 23.3 Å². The summed E-state index contributed by atoms with van der Waals surface area (Å²) in [4.78, 5) is 16.8. The number of sulfonamides is 1. The summed E-state index contributed by atoms with van der Waals surface area (Å²) in [6.07, 6.45) is 3.15. The monoisotopic (exact) mass is 310 g/mol. The first-order valence-corrected chi connectivity index (χ1v) is 7.75. The summed E-state index contributed by atoms with van der Waals surface area (Å²) < 4.78 is 26.6. The van der Waals surface area contributed by atoms with Gasteiger partial charge in [0.05, 0.1) is 16.7 Å². The molecule has 0 radical (unpaired) electrons. The third-order valence-electron chi connectivity index (χ3n) is 2.79. The van der Waals surface area contributed by atoms with Gasteiger partial charge in [0.1, 0.15) is 5.82 Å². The van der Waals surface area contributed by atoms with E-state index in [1.54, 1.807) is 13.1 Å². The van der Waals surface area contributed by atoms with Crippen molar-refractivity contribution in [1.82, 2.24) is 14.7 Å². The van der Waals surface area contributed by atoms with Crippen LogP contribution in [0.2, 0.25) is 0 Å². The average Bonchev–Trinajstić information content (AvgIpc) is 2.92. The molecule has 0 aliphatic rings. The van der Waals surface area contributed by atoms with Gasteiger partial charge in [-0.05, 0) is 12.5 Å². The first kappa shape index (κ1) is 15.1. The molecule has 21 heavy (non-hydrogen) atoms. The Morgan fingerprint density at radius 1 is 1.38 bits per heavy atom. The van der Waals surface area contributed by atoms with E-state index in [1.165, 1.54) is 30.5 Å². The van der Waals surface area contributed by atoms with E-state index < -0.39 is 21.0 Å². The number of hydrogen-bond donors (Lipinski definition) is 2. The lowest BCUT2D eigenvalue weighted by Gasteiger charge is -2.12. The predicted octanol–water partition coefficient (Wildman–Crippen LogP) is 1.50. The minimum atomic E-state index is -3.57. The van der Waals surface area contributed by atoms with E-state index >= 15 is 0 Å². The Kier molecular flexibility index (Phi) is 4.34. The molecule has 0 saturated carbocycles. The first-order chi connectivity index (χ1) is 9.87. The van der Waals surface area contributed by atoms with Crippen molar-refractivity contribution in [2.24, 2.45) is 0 Å². The molecular weight excluding hydrogens is 296 g/mol. The average molecular weight is 310 g/mol. The topological polar surface area (TPSA) is 118 Å². The Balaban J connectivity index is 2.05. The number of aromatic amines is 1. The molecule has 1 atom stereocenters. The van der Waals surface area contributed by atoms with Crippen molar-refractivity contribution >= 4 is 15.7 Å². The lowest BCUT2D eigenvalue weighted by molar-refractivity contribution is -0.384.